The van der Waals surface area contributed by atoms with Crippen LogP contribution in [0.3, 0.4) is 0 Å². The Morgan fingerprint density at radius 2 is 1.96 bits per heavy atom. The maximum Gasteiger partial charge on any atom is 0.321 e. The molecule has 0 aliphatic heterocycles. The van der Waals surface area contributed by atoms with E-state index in [4.69, 9.17) is 4.74 Å². The lowest BCUT2D eigenvalue weighted by Crippen LogP contribution is -2.28. The van der Waals surface area contributed by atoms with E-state index in [1.165, 1.54) is 11.3 Å². The lowest BCUT2D eigenvalue weighted by atomic mass is 10.0. The maximum atomic E-state index is 11.8. The zero-order chi connectivity index (χ0) is 20.3. The van der Waals surface area contributed by atoms with Gasteiger partial charge >= 0.3 is 6.03 Å². The first kappa shape index (κ1) is 20.1. The van der Waals surface area contributed by atoms with E-state index in [1.54, 1.807) is 33.4 Å². The minimum Gasteiger partial charge on any atom is -0.382 e. The number of nitrogens with one attached hydrogen (secondary N) is 2. The number of methoxy groups -OCH3 is 1. The molecule has 2 heterocycles. The van der Waals surface area contributed by atoms with Crippen LogP contribution in [0.25, 0.3) is 21.3 Å². The van der Waals surface area contributed by atoms with Crippen LogP contribution in [0.1, 0.15) is 32.2 Å². The fourth-order valence-electron chi connectivity index (χ4n) is 2.68. The average Bonchev–Trinajstić information content (AvgIpc) is 3.04. The molecule has 0 saturated heterocycles. The second kappa shape index (κ2) is 8.17. The molecule has 0 aliphatic carbocycles. The topological polar surface area (TPSA) is 109 Å². The summed E-state index contributed by atoms with van der Waals surface area (Å²) in [6.45, 7) is 6.09. The SMILES string of the molecule is CCNC(=O)Nc1nc2cc(-c3cnc(C(C)(C)O)nc3)cc(COC)c2s1. The summed E-state index contributed by atoms with van der Waals surface area (Å²) < 4.78 is 6.28. The molecule has 0 aliphatic rings. The molecule has 0 atom stereocenters. The standard InChI is InChI=1S/C19H23N5O3S/c1-5-20-17(25)24-18-23-14-7-11(6-12(10-27-4)15(14)28-18)13-8-21-16(22-9-13)19(2,3)26/h6-9,26H,5,10H2,1-4H3,(H2,20,23,24,25). The Balaban J connectivity index is 2.00. The van der Waals surface area contributed by atoms with Crippen molar-refractivity contribution in [2.45, 2.75) is 33.0 Å². The normalized spacial score (nSPS) is 11.6. The molecule has 0 unspecified atom stereocenters. The summed E-state index contributed by atoms with van der Waals surface area (Å²) in [5.74, 6) is 0.358. The van der Waals surface area contributed by atoms with Crippen molar-refractivity contribution in [3.05, 3.63) is 35.9 Å². The van der Waals surface area contributed by atoms with Crippen molar-refractivity contribution in [2.24, 2.45) is 0 Å². The molecule has 0 fully saturated rings. The number of ether oxygens (including phenoxy) is 1. The quantitative estimate of drug-likeness (QED) is 0.585. The van der Waals surface area contributed by atoms with Gasteiger partial charge in [0.15, 0.2) is 11.0 Å². The van der Waals surface area contributed by atoms with Crippen molar-refractivity contribution in [3.8, 4) is 11.1 Å². The summed E-state index contributed by atoms with van der Waals surface area (Å²) in [5, 5.41) is 16.0. The van der Waals surface area contributed by atoms with Crippen molar-refractivity contribution in [3.63, 3.8) is 0 Å². The molecule has 1 aromatic carbocycles. The number of hydrogen-bond acceptors (Lipinski definition) is 7. The van der Waals surface area contributed by atoms with Gasteiger partial charge in [0.2, 0.25) is 0 Å². The minimum absolute atomic E-state index is 0.286. The molecule has 0 bridgehead atoms. The Morgan fingerprint density at radius 1 is 1.25 bits per heavy atom. The Morgan fingerprint density at radius 3 is 2.57 bits per heavy atom. The molecular formula is C19H23N5O3S. The summed E-state index contributed by atoms with van der Waals surface area (Å²) in [6, 6.07) is 3.64. The predicted octanol–water partition coefficient (Wildman–Crippen LogP) is 3.27. The number of thiazole rings is 1. The van der Waals surface area contributed by atoms with Crippen LogP contribution >= 0.6 is 11.3 Å². The van der Waals surface area contributed by atoms with E-state index in [0.29, 0.717) is 24.1 Å². The van der Waals surface area contributed by atoms with Crippen LogP contribution in [0.15, 0.2) is 24.5 Å². The van der Waals surface area contributed by atoms with Gasteiger partial charge in [-0.2, -0.15) is 0 Å². The summed E-state index contributed by atoms with van der Waals surface area (Å²) in [7, 11) is 1.63. The van der Waals surface area contributed by atoms with E-state index >= 15 is 0 Å². The molecule has 3 aromatic rings. The zero-order valence-corrected chi connectivity index (χ0v) is 17.1. The highest BCUT2D eigenvalue weighted by Crippen LogP contribution is 2.34. The van der Waals surface area contributed by atoms with Gasteiger partial charge in [0, 0.05) is 31.6 Å². The van der Waals surface area contributed by atoms with Crippen molar-refractivity contribution in [1.82, 2.24) is 20.3 Å². The van der Waals surface area contributed by atoms with E-state index < -0.39 is 5.60 Å². The number of anilines is 1. The molecule has 0 saturated carbocycles. The first-order chi connectivity index (χ1) is 13.3. The van der Waals surface area contributed by atoms with Crippen LogP contribution in [0, 0.1) is 0 Å². The lowest BCUT2D eigenvalue weighted by molar-refractivity contribution is 0.0687. The van der Waals surface area contributed by atoms with Crippen molar-refractivity contribution >= 4 is 32.7 Å². The van der Waals surface area contributed by atoms with Gasteiger partial charge in [0.05, 0.1) is 16.8 Å². The third kappa shape index (κ3) is 4.44. The smallest absolute Gasteiger partial charge is 0.321 e. The second-order valence-corrected chi connectivity index (χ2v) is 7.77. The molecule has 3 N–H and O–H groups in total. The monoisotopic (exact) mass is 401 g/mol. The molecule has 0 spiro atoms. The fourth-order valence-corrected chi connectivity index (χ4v) is 3.62. The van der Waals surface area contributed by atoms with Gasteiger partial charge in [-0.25, -0.2) is 19.7 Å². The zero-order valence-electron chi connectivity index (χ0n) is 16.2. The van der Waals surface area contributed by atoms with Crippen molar-refractivity contribution < 1.29 is 14.6 Å². The van der Waals surface area contributed by atoms with E-state index in [1.807, 2.05) is 19.1 Å². The minimum atomic E-state index is -1.10. The Bertz CT molecular complexity index is 980. The number of aliphatic hydroxyl groups is 1. The van der Waals surface area contributed by atoms with Crippen LogP contribution in [-0.4, -0.2) is 39.7 Å². The van der Waals surface area contributed by atoms with E-state index in [9.17, 15) is 9.90 Å². The number of benzene rings is 1. The van der Waals surface area contributed by atoms with Gasteiger partial charge in [0.1, 0.15) is 5.60 Å². The molecule has 3 rings (SSSR count). The van der Waals surface area contributed by atoms with Crippen LogP contribution in [-0.2, 0) is 16.9 Å². The van der Waals surface area contributed by atoms with Gasteiger partial charge in [-0.15, -0.1) is 0 Å². The Hall–Kier alpha value is -2.62. The van der Waals surface area contributed by atoms with E-state index in [0.717, 1.165) is 26.9 Å². The number of nitrogens with zero attached hydrogens (tertiary/aromatic N) is 3. The number of amides is 2. The largest absolute Gasteiger partial charge is 0.382 e. The van der Waals surface area contributed by atoms with Gasteiger partial charge in [-0.05, 0) is 44.0 Å². The Labute approximate surface area is 167 Å². The average molecular weight is 401 g/mol. The summed E-state index contributed by atoms with van der Waals surface area (Å²) in [6.07, 6.45) is 3.36. The summed E-state index contributed by atoms with van der Waals surface area (Å²) >= 11 is 1.40. The molecule has 28 heavy (non-hydrogen) atoms. The first-order valence-electron chi connectivity index (χ1n) is 8.84. The fraction of sp³-hybridized carbons (Fsp3) is 0.368. The molecule has 8 nitrogen and oxygen atoms in total. The van der Waals surface area contributed by atoms with E-state index in [-0.39, 0.29) is 6.03 Å². The molecule has 2 amide bonds. The van der Waals surface area contributed by atoms with Crippen LogP contribution in [0.4, 0.5) is 9.93 Å². The number of carbonyl (C=O) groups is 1. The number of carbonyl (C=O) groups excluding carboxylic acids is 1. The van der Waals surface area contributed by atoms with E-state index in [2.05, 4.69) is 25.6 Å². The van der Waals surface area contributed by atoms with Gasteiger partial charge in [0.25, 0.3) is 0 Å². The molecular weight excluding hydrogens is 378 g/mol. The summed E-state index contributed by atoms with van der Waals surface area (Å²) in [5.41, 5.74) is 2.31. The highest BCUT2D eigenvalue weighted by atomic mass is 32.1. The number of fused-ring (bicyclic) bond motifs is 1. The first-order valence-corrected chi connectivity index (χ1v) is 9.66. The molecule has 0 radical (unpaired) electrons. The summed E-state index contributed by atoms with van der Waals surface area (Å²) in [4.78, 5) is 24.9. The van der Waals surface area contributed by atoms with Crippen molar-refractivity contribution in [1.29, 1.82) is 0 Å². The maximum absolute atomic E-state index is 11.8. The predicted molar refractivity (Wildman–Crippen MR) is 109 cm³/mol. The Kier molecular flexibility index (Phi) is 5.87. The van der Waals surface area contributed by atoms with Crippen molar-refractivity contribution in [2.75, 3.05) is 19.0 Å². The van der Waals surface area contributed by atoms with Crippen LogP contribution in [0.5, 0.6) is 0 Å². The number of rotatable bonds is 6. The number of hydrogen-bond donors (Lipinski definition) is 3. The lowest BCUT2D eigenvalue weighted by Gasteiger charge is -2.15. The van der Waals surface area contributed by atoms with Crippen LogP contribution in [0.2, 0.25) is 0 Å². The molecule has 2 aromatic heterocycles. The third-order valence-electron chi connectivity index (χ3n) is 3.96. The second-order valence-electron chi connectivity index (χ2n) is 6.77. The number of aromatic nitrogens is 3. The highest BCUT2D eigenvalue weighted by Gasteiger charge is 2.19. The van der Waals surface area contributed by atoms with Crippen LogP contribution < -0.4 is 10.6 Å². The van der Waals surface area contributed by atoms with Gasteiger partial charge < -0.3 is 15.2 Å². The highest BCUT2D eigenvalue weighted by molar-refractivity contribution is 7.22. The molecule has 148 valence electrons. The van der Waals surface area contributed by atoms with Gasteiger partial charge in [-0.3, -0.25) is 5.32 Å². The molecule has 9 heteroatoms. The number of urea groups is 1. The van der Waals surface area contributed by atoms with Gasteiger partial charge in [-0.1, -0.05) is 11.3 Å². The third-order valence-corrected chi connectivity index (χ3v) is 5.02.